The van der Waals surface area contributed by atoms with E-state index in [1.54, 1.807) is 19.1 Å². The molecule has 3 rings (SSSR count). The quantitative estimate of drug-likeness (QED) is 0.924. The fourth-order valence-electron chi connectivity index (χ4n) is 3.51. The molecule has 0 aromatic heterocycles. The van der Waals surface area contributed by atoms with Gasteiger partial charge in [-0.1, -0.05) is 30.2 Å². The third kappa shape index (κ3) is 2.78. The molecular weight excluding hydrogens is 274 g/mol. The zero-order valence-corrected chi connectivity index (χ0v) is 12.4. The van der Waals surface area contributed by atoms with Gasteiger partial charge in [-0.25, -0.2) is 0 Å². The predicted octanol–water partition coefficient (Wildman–Crippen LogP) is 3.41. The molecule has 20 heavy (non-hydrogen) atoms. The molecule has 2 aliphatic rings. The van der Waals surface area contributed by atoms with Crippen LogP contribution in [-0.4, -0.2) is 18.1 Å². The lowest BCUT2D eigenvalue weighted by molar-refractivity contribution is -0.128. The monoisotopic (exact) mass is 293 g/mol. The standard InChI is InChI=1S/C16H20ClNO2/c1-10(20-15-5-3-2-4-13(15)17)16(19)18-14-9-11-6-7-12(14)8-11/h2-5,10-12,14H,6-9H2,1H3,(H,18,19)/t10-,11-,12-,14-/m0/s1. The summed E-state index contributed by atoms with van der Waals surface area (Å²) in [7, 11) is 0. The van der Waals surface area contributed by atoms with Gasteiger partial charge in [-0.2, -0.15) is 0 Å². The van der Waals surface area contributed by atoms with Crippen LogP contribution in [0.2, 0.25) is 5.02 Å². The summed E-state index contributed by atoms with van der Waals surface area (Å²) in [6.45, 7) is 1.77. The maximum Gasteiger partial charge on any atom is 0.261 e. The Labute approximate surface area is 124 Å². The second-order valence-corrected chi connectivity index (χ2v) is 6.39. The van der Waals surface area contributed by atoms with Gasteiger partial charge in [0.1, 0.15) is 5.75 Å². The molecule has 0 saturated heterocycles. The molecule has 2 fully saturated rings. The predicted molar refractivity (Wildman–Crippen MR) is 78.9 cm³/mol. The molecule has 108 valence electrons. The van der Waals surface area contributed by atoms with Crippen LogP contribution in [0, 0.1) is 11.8 Å². The van der Waals surface area contributed by atoms with E-state index in [0.717, 1.165) is 12.3 Å². The number of carbonyl (C=O) groups is 1. The largest absolute Gasteiger partial charge is 0.479 e. The number of halogens is 1. The van der Waals surface area contributed by atoms with Crippen molar-refractivity contribution in [2.75, 3.05) is 0 Å². The summed E-state index contributed by atoms with van der Waals surface area (Å²) < 4.78 is 5.65. The van der Waals surface area contributed by atoms with Crippen LogP contribution in [0.15, 0.2) is 24.3 Å². The molecule has 3 nitrogen and oxygen atoms in total. The minimum absolute atomic E-state index is 0.0394. The van der Waals surface area contributed by atoms with Crippen LogP contribution in [0.3, 0.4) is 0 Å². The van der Waals surface area contributed by atoms with Crippen LogP contribution < -0.4 is 10.1 Å². The third-order valence-electron chi connectivity index (χ3n) is 4.58. The smallest absolute Gasteiger partial charge is 0.261 e. The molecule has 0 heterocycles. The Morgan fingerprint density at radius 3 is 2.80 bits per heavy atom. The minimum atomic E-state index is -0.519. The topological polar surface area (TPSA) is 38.3 Å². The Kier molecular flexibility index (Phi) is 3.88. The number of amides is 1. The van der Waals surface area contributed by atoms with Gasteiger partial charge < -0.3 is 10.1 Å². The number of ether oxygens (including phenoxy) is 1. The van der Waals surface area contributed by atoms with Gasteiger partial charge in [0, 0.05) is 6.04 Å². The second kappa shape index (κ2) is 5.65. The van der Waals surface area contributed by atoms with Gasteiger partial charge in [-0.3, -0.25) is 4.79 Å². The van der Waals surface area contributed by atoms with Crippen molar-refractivity contribution in [1.29, 1.82) is 0 Å². The molecule has 4 heteroatoms. The number of para-hydroxylation sites is 1. The van der Waals surface area contributed by atoms with E-state index in [2.05, 4.69) is 5.32 Å². The summed E-state index contributed by atoms with van der Waals surface area (Å²) in [4.78, 5) is 12.2. The first-order valence-electron chi connectivity index (χ1n) is 7.35. The molecule has 4 atom stereocenters. The molecule has 0 unspecified atom stereocenters. The van der Waals surface area contributed by atoms with Gasteiger partial charge in [0.2, 0.25) is 0 Å². The van der Waals surface area contributed by atoms with Crippen molar-refractivity contribution in [3.63, 3.8) is 0 Å². The Hall–Kier alpha value is -1.22. The maximum absolute atomic E-state index is 12.2. The molecule has 1 aromatic carbocycles. The number of rotatable bonds is 4. The van der Waals surface area contributed by atoms with Gasteiger partial charge in [0.05, 0.1) is 5.02 Å². The van der Waals surface area contributed by atoms with Crippen molar-refractivity contribution in [1.82, 2.24) is 5.32 Å². The molecular formula is C16H20ClNO2. The molecule has 0 spiro atoms. The van der Waals surface area contributed by atoms with Crippen molar-refractivity contribution >= 4 is 17.5 Å². The van der Waals surface area contributed by atoms with Crippen molar-refractivity contribution < 1.29 is 9.53 Å². The molecule has 2 aliphatic carbocycles. The average molecular weight is 294 g/mol. The highest BCUT2D eigenvalue weighted by atomic mass is 35.5. The zero-order valence-electron chi connectivity index (χ0n) is 11.6. The van der Waals surface area contributed by atoms with Crippen LogP contribution in [-0.2, 0) is 4.79 Å². The second-order valence-electron chi connectivity index (χ2n) is 5.98. The van der Waals surface area contributed by atoms with Crippen LogP contribution in [0.25, 0.3) is 0 Å². The summed E-state index contributed by atoms with van der Waals surface area (Å²) in [5, 5.41) is 3.68. The third-order valence-corrected chi connectivity index (χ3v) is 4.89. The van der Waals surface area contributed by atoms with Crippen molar-refractivity contribution in [2.24, 2.45) is 11.8 Å². The van der Waals surface area contributed by atoms with Gasteiger partial charge in [0.15, 0.2) is 6.10 Å². The lowest BCUT2D eigenvalue weighted by Gasteiger charge is -2.25. The number of fused-ring (bicyclic) bond motifs is 2. The molecule has 2 bridgehead atoms. The van der Waals surface area contributed by atoms with E-state index in [1.165, 1.54) is 19.3 Å². The normalized spacial score (nSPS) is 29.2. The summed E-state index contributed by atoms with van der Waals surface area (Å²) in [6.07, 6.45) is 4.49. The first-order chi connectivity index (χ1) is 9.63. The number of hydrogen-bond donors (Lipinski definition) is 1. The number of carbonyl (C=O) groups excluding carboxylic acids is 1. The lowest BCUT2D eigenvalue weighted by atomic mass is 9.95. The van der Waals surface area contributed by atoms with Crippen molar-refractivity contribution in [3.8, 4) is 5.75 Å². The summed E-state index contributed by atoms with van der Waals surface area (Å²) in [5.41, 5.74) is 0. The molecule has 0 radical (unpaired) electrons. The zero-order chi connectivity index (χ0) is 14.1. The van der Waals surface area contributed by atoms with Gasteiger partial charge in [-0.15, -0.1) is 0 Å². The maximum atomic E-state index is 12.2. The Morgan fingerprint density at radius 1 is 1.35 bits per heavy atom. The van der Waals surface area contributed by atoms with Crippen LogP contribution in [0.1, 0.15) is 32.6 Å². The lowest BCUT2D eigenvalue weighted by Crippen LogP contribution is -2.44. The van der Waals surface area contributed by atoms with Gasteiger partial charge in [0.25, 0.3) is 5.91 Å². The van der Waals surface area contributed by atoms with Crippen LogP contribution in [0.5, 0.6) is 5.75 Å². The highest BCUT2D eigenvalue weighted by Crippen LogP contribution is 2.44. The van der Waals surface area contributed by atoms with E-state index >= 15 is 0 Å². The number of hydrogen-bond acceptors (Lipinski definition) is 2. The highest BCUT2D eigenvalue weighted by Gasteiger charge is 2.40. The Morgan fingerprint density at radius 2 is 2.15 bits per heavy atom. The van der Waals surface area contributed by atoms with Crippen molar-refractivity contribution in [2.45, 2.75) is 44.8 Å². The van der Waals surface area contributed by atoms with Crippen LogP contribution in [0.4, 0.5) is 0 Å². The highest BCUT2D eigenvalue weighted by molar-refractivity contribution is 6.32. The van der Waals surface area contributed by atoms with E-state index in [4.69, 9.17) is 16.3 Å². The molecule has 0 aliphatic heterocycles. The number of benzene rings is 1. The molecule has 1 N–H and O–H groups in total. The fourth-order valence-corrected chi connectivity index (χ4v) is 3.69. The van der Waals surface area contributed by atoms with E-state index in [0.29, 0.717) is 22.7 Å². The summed E-state index contributed by atoms with van der Waals surface area (Å²) in [6, 6.07) is 7.58. The first kappa shape index (κ1) is 13.7. The summed E-state index contributed by atoms with van der Waals surface area (Å²) >= 11 is 6.04. The van der Waals surface area contributed by atoms with E-state index in [-0.39, 0.29) is 5.91 Å². The van der Waals surface area contributed by atoms with E-state index in [9.17, 15) is 4.79 Å². The molecule has 2 saturated carbocycles. The Bertz CT molecular complexity index is 505. The fraction of sp³-hybridized carbons (Fsp3) is 0.562. The first-order valence-corrected chi connectivity index (χ1v) is 7.73. The number of nitrogens with one attached hydrogen (secondary N) is 1. The van der Waals surface area contributed by atoms with Gasteiger partial charge in [-0.05, 0) is 50.2 Å². The SMILES string of the molecule is C[C@H](Oc1ccccc1Cl)C(=O)N[C@H]1C[C@H]2CC[C@H]1C2. The minimum Gasteiger partial charge on any atom is -0.479 e. The van der Waals surface area contributed by atoms with Crippen molar-refractivity contribution in [3.05, 3.63) is 29.3 Å². The average Bonchev–Trinajstić information content (AvgIpc) is 3.03. The Balaban J connectivity index is 1.56. The molecule has 1 amide bonds. The van der Waals surface area contributed by atoms with E-state index < -0.39 is 6.10 Å². The molecule has 1 aromatic rings. The van der Waals surface area contributed by atoms with Crippen LogP contribution >= 0.6 is 11.6 Å². The van der Waals surface area contributed by atoms with Gasteiger partial charge >= 0.3 is 0 Å². The van der Waals surface area contributed by atoms with E-state index in [1.807, 2.05) is 12.1 Å². The summed E-state index contributed by atoms with van der Waals surface area (Å²) in [5.74, 6) is 2.02.